The second-order valence-corrected chi connectivity index (χ2v) is 4.84. The zero-order chi connectivity index (χ0) is 14.5. The van der Waals surface area contributed by atoms with Gasteiger partial charge in [-0.25, -0.2) is 4.98 Å². The third-order valence-electron chi connectivity index (χ3n) is 2.50. The van der Waals surface area contributed by atoms with Gasteiger partial charge in [-0.15, -0.1) is 0 Å². The van der Waals surface area contributed by atoms with E-state index in [1.165, 1.54) is 0 Å². The number of anilines is 1. The Hall–Kier alpha value is -1.78. The minimum atomic E-state index is -0.690. The number of nitrogens with one attached hydrogen (secondary N) is 1. The Morgan fingerprint density at radius 3 is 2.80 bits per heavy atom. The molecule has 0 saturated heterocycles. The van der Waals surface area contributed by atoms with Gasteiger partial charge in [0.2, 0.25) is 0 Å². The SMILES string of the molecule is C[C@H](Oc1cccc(Cl)c1)C(=O)Nc1cccnc1Cl. The number of hydrogen-bond donors (Lipinski definition) is 1. The first-order valence-electron chi connectivity index (χ1n) is 5.90. The normalized spacial score (nSPS) is 11.8. The van der Waals surface area contributed by atoms with E-state index in [4.69, 9.17) is 27.9 Å². The molecule has 104 valence electrons. The van der Waals surface area contributed by atoms with Crippen molar-refractivity contribution in [3.8, 4) is 5.75 Å². The molecule has 0 aliphatic rings. The third kappa shape index (κ3) is 3.85. The van der Waals surface area contributed by atoms with Gasteiger partial charge in [-0.2, -0.15) is 0 Å². The van der Waals surface area contributed by atoms with Gasteiger partial charge in [-0.05, 0) is 37.3 Å². The summed E-state index contributed by atoms with van der Waals surface area (Å²) in [5.74, 6) is 0.206. The van der Waals surface area contributed by atoms with Crippen molar-refractivity contribution < 1.29 is 9.53 Å². The van der Waals surface area contributed by atoms with E-state index in [1.54, 1.807) is 49.5 Å². The Labute approximate surface area is 126 Å². The summed E-state index contributed by atoms with van der Waals surface area (Å²) in [5, 5.41) is 3.43. The molecule has 0 saturated carbocycles. The molecular weight excluding hydrogens is 299 g/mol. The van der Waals surface area contributed by atoms with Gasteiger partial charge in [0, 0.05) is 11.2 Å². The van der Waals surface area contributed by atoms with Crippen molar-refractivity contribution >= 4 is 34.8 Å². The molecule has 1 atom stereocenters. The Morgan fingerprint density at radius 1 is 1.30 bits per heavy atom. The van der Waals surface area contributed by atoms with Crippen molar-refractivity contribution in [1.82, 2.24) is 4.98 Å². The zero-order valence-corrected chi connectivity index (χ0v) is 12.2. The minimum absolute atomic E-state index is 0.232. The van der Waals surface area contributed by atoms with E-state index in [9.17, 15) is 4.79 Å². The van der Waals surface area contributed by atoms with Crippen molar-refractivity contribution in [2.45, 2.75) is 13.0 Å². The Balaban J connectivity index is 2.01. The summed E-state index contributed by atoms with van der Waals surface area (Å²) in [7, 11) is 0. The van der Waals surface area contributed by atoms with Gasteiger partial charge in [0.05, 0.1) is 5.69 Å². The summed E-state index contributed by atoms with van der Waals surface area (Å²) >= 11 is 11.7. The summed E-state index contributed by atoms with van der Waals surface area (Å²) in [4.78, 5) is 15.9. The van der Waals surface area contributed by atoms with Crippen molar-refractivity contribution in [3.63, 3.8) is 0 Å². The summed E-state index contributed by atoms with van der Waals surface area (Å²) < 4.78 is 5.51. The van der Waals surface area contributed by atoms with Crippen molar-refractivity contribution in [1.29, 1.82) is 0 Å². The van der Waals surface area contributed by atoms with E-state index in [1.807, 2.05) is 0 Å². The van der Waals surface area contributed by atoms with E-state index in [0.717, 1.165) is 0 Å². The number of nitrogens with zero attached hydrogens (tertiary/aromatic N) is 1. The highest BCUT2D eigenvalue weighted by molar-refractivity contribution is 6.32. The van der Waals surface area contributed by atoms with Crippen LogP contribution in [0.3, 0.4) is 0 Å². The third-order valence-corrected chi connectivity index (χ3v) is 3.03. The van der Waals surface area contributed by atoms with E-state index in [-0.39, 0.29) is 11.1 Å². The predicted octanol–water partition coefficient (Wildman–Crippen LogP) is 3.79. The van der Waals surface area contributed by atoms with Crippen LogP contribution in [0.1, 0.15) is 6.92 Å². The van der Waals surface area contributed by atoms with Gasteiger partial charge in [-0.3, -0.25) is 4.79 Å². The molecule has 0 spiro atoms. The van der Waals surface area contributed by atoms with Gasteiger partial charge in [-0.1, -0.05) is 29.3 Å². The molecule has 0 fully saturated rings. The molecule has 1 N–H and O–H groups in total. The second-order valence-electron chi connectivity index (χ2n) is 4.05. The first-order chi connectivity index (χ1) is 9.56. The second kappa shape index (κ2) is 6.59. The van der Waals surface area contributed by atoms with Crippen LogP contribution in [0, 0.1) is 0 Å². The number of aromatic nitrogens is 1. The van der Waals surface area contributed by atoms with E-state index >= 15 is 0 Å². The average molecular weight is 311 g/mol. The molecule has 20 heavy (non-hydrogen) atoms. The van der Waals surface area contributed by atoms with Crippen LogP contribution in [-0.4, -0.2) is 17.0 Å². The van der Waals surface area contributed by atoms with Crippen LogP contribution in [-0.2, 0) is 4.79 Å². The van der Waals surface area contributed by atoms with Crippen LogP contribution in [0.2, 0.25) is 10.2 Å². The van der Waals surface area contributed by atoms with Crippen molar-refractivity contribution in [3.05, 3.63) is 52.8 Å². The van der Waals surface area contributed by atoms with Crippen molar-refractivity contribution in [2.75, 3.05) is 5.32 Å². The fourth-order valence-corrected chi connectivity index (χ4v) is 1.86. The Kier molecular flexibility index (Phi) is 4.82. The zero-order valence-electron chi connectivity index (χ0n) is 10.6. The minimum Gasteiger partial charge on any atom is -0.481 e. The lowest BCUT2D eigenvalue weighted by molar-refractivity contribution is -0.122. The first-order valence-corrected chi connectivity index (χ1v) is 6.65. The van der Waals surface area contributed by atoms with Crippen LogP contribution in [0.15, 0.2) is 42.6 Å². The maximum atomic E-state index is 12.0. The van der Waals surface area contributed by atoms with Gasteiger partial charge in [0.1, 0.15) is 5.75 Å². The molecule has 0 unspecified atom stereocenters. The Morgan fingerprint density at radius 2 is 2.10 bits per heavy atom. The number of carbonyl (C=O) groups excluding carboxylic acids is 1. The average Bonchev–Trinajstić information content (AvgIpc) is 2.41. The molecule has 1 aromatic heterocycles. The van der Waals surface area contributed by atoms with Crippen molar-refractivity contribution in [2.24, 2.45) is 0 Å². The highest BCUT2D eigenvalue weighted by atomic mass is 35.5. The monoisotopic (exact) mass is 310 g/mol. The number of hydrogen-bond acceptors (Lipinski definition) is 3. The summed E-state index contributed by atoms with van der Waals surface area (Å²) in [6.45, 7) is 1.64. The van der Waals surface area contributed by atoms with Gasteiger partial charge in [0.15, 0.2) is 11.3 Å². The van der Waals surface area contributed by atoms with E-state index in [2.05, 4.69) is 10.3 Å². The standard InChI is InChI=1S/C14H12Cl2N2O2/c1-9(20-11-5-2-4-10(15)8-11)14(19)18-12-6-3-7-17-13(12)16/h2-9H,1H3,(H,18,19)/t9-/m0/s1. The molecule has 6 heteroatoms. The van der Waals surface area contributed by atoms with Gasteiger partial charge >= 0.3 is 0 Å². The molecule has 0 aliphatic carbocycles. The molecule has 1 amide bonds. The number of halogens is 2. The molecule has 1 heterocycles. The van der Waals surface area contributed by atoms with Crippen LogP contribution in [0.4, 0.5) is 5.69 Å². The number of amides is 1. The molecule has 2 rings (SSSR count). The molecular formula is C14H12Cl2N2O2. The molecule has 1 aromatic carbocycles. The van der Waals surface area contributed by atoms with Crippen LogP contribution in [0.25, 0.3) is 0 Å². The fraction of sp³-hybridized carbons (Fsp3) is 0.143. The summed E-state index contributed by atoms with van der Waals surface area (Å²) in [6, 6.07) is 10.2. The fourth-order valence-electron chi connectivity index (χ4n) is 1.51. The highest BCUT2D eigenvalue weighted by Gasteiger charge is 2.16. The molecule has 2 aromatic rings. The number of rotatable bonds is 4. The maximum Gasteiger partial charge on any atom is 0.265 e. The number of pyridine rings is 1. The van der Waals surface area contributed by atoms with Crippen LogP contribution < -0.4 is 10.1 Å². The van der Waals surface area contributed by atoms with E-state index < -0.39 is 6.10 Å². The number of carbonyl (C=O) groups is 1. The lowest BCUT2D eigenvalue weighted by Gasteiger charge is -2.15. The maximum absolute atomic E-state index is 12.0. The lowest BCUT2D eigenvalue weighted by Crippen LogP contribution is -2.30. The topological polar surface area (TPSA) is 51.2 Å². The van der Waals surface area contributed by atoms with Gasteiger partial charge < -0.3 is 10.1 Å². The number of benzene rings is 1. The highest BCUT2D eigenvalue weighted by Crippen LogP contribution is 2.20. The molecule has 0 bridgehead atoms. The first kappa shape index (κ1) is 14.6. The quantitative estimate of drug-likeness (QED) is 0.874. The molecule has 0 aliphatic heterocycles. The smallest absolute Gasteiger partial charge is 0.265 e. The Bertz CT molecular complexity index is 620. The largest absolute Gasteiger partial charge is 0.481 e. The number of ether oxygens (including phenoxy) is 1. The summed E-state index contributed by atoms with van der Waals surface area (Å²) in [6.07, 6.45) is 0.855. The summed E-state index contributed by atoms with van der Waals surface area (Å²) in [5.41, 5.74) is 0.445. The van der Waals surface area contributed by atoms with Gasteiger partial charge in [0.25, 0.3) is 5.91 Å². The molecule has 4 nitrogen and oxygen atoms in total. The predicted molar refractivity (Wildman–Crippen MR) is 79.4 cm³/mol. The molecule has 0 radical (unpaired) electrons. The van der Waals surface area contributed by atoms with Crippen LogP contribution in [0.5, 0.6) is 5.75 Å². The lowest BCUT2D eigenvalue weighted by atomic mass is 10.3. The van der Waals surface area contributed by atoms with E-state index in [0.29, 0.717) is 16.5 Å². The van der Waals surface area contributed by atoms with Crippen LogP contribution >= 0.6 is 23.2 Å².